The third kappa shape index (κ3) is 4.20. The molecule has 160 valence electrons. The van der Waals surface area contributed by atoms with Crippen molar-refractivity contribution >= 4 is 5.91 Å². The maximum absolute atomic E-state index is 13.3. The molecular weight excluding hydrogens is 394 g/mol. The first kappa shape index (κ1) is 20.7. The van der Waals surface area contributed by atoms with Gasteiger partial charge in [0, 0.05) is 26.2 Å². The molecule has 8 heteroatoms. The predicted molar refractivity (Wildman–Crippen MR) is 118 cm³/mol. The Morgan fingerprint density at radius 3 is 2.39 bits per heavy atom. The van der Waals surface area contributed by atoms with Gasteiger partial charge in [-0.05, 0) is 42.7 Å². The number of hydrogen-bond donors (Lipinski definition) is 1. The summed E-state index contributed by atoms with van der Waals surface area (Å²) >= 11 is 0. The number of aryl methyl sites for hydroxylation is 2. The molecule has 31 heavy (non-hydrogen) atoms. The highest BCUT2D eigenvalue weighted by Crippen LogP contribution is 2.12. The van der Waals surface area contributed by atoms with Crippen LogP contribution in [0.15, 0.2) is 58.1 Å². The number of benzene rings is 2. The van der Waals surface area contributed by atoms with E-state index in [0.29, 0.717) is 31.9 Å². The summed E-state index contributed by atoms with van der Waals surface area (Å²) in [6.07, 6.45) is 0. The standard InChI is InChI=1S/C23H25N5O3/c1-16-8-9-19(14-17(16)2)28-23(31)27(15-18-6-4-3-5-7-18)22(30)20(25-28)21(29)26-12-10-24-11-13-26/h3-9,14,24H,10-13,15H2,1-2H3. The van der Waals surface area contributed by atoms with E-state index in [2.05, 4.69) is 10.4 Å². The zero-order valence-electron chi connectivity index (χ0n) is 17.7. The van der Waals surface area contributed by atoms with Gasteiger partial charge in [-0.1, -0.05) is 36.4 Å². The highest BCUT2D eigenvalue weighted by molar-refractivity contribution is 5.92. The average Bonchev–Trinajstić information content (AvgIpc) is 2.79. The quantitative estimate of drug-likeness (QED) is 0.684. The fourth-order valence-electron chi connectivity index (χ4n) is 3.60. The summed E-state index contributed by atoms with van der Waals surface area (Å²) in [4.78, 5) is 41.2. The Morgan fingerprint density at radius 2 is 1.71 bits per heavy atom. The highest BCUT2D eigenvalue weighted by Gasteiger charge is 2.26. The molecule has 0 radical (unpaired) electrons. The summed E-state index contributed by atoms with van der Waals surface area (Å²) < 4.78 is 2.25. The van der Waals surface area contributed by atoms with Crippen LogP contribution < -0.4 is 16.6 Å². The SMILES string of the molecule is Cc1ccc(-n2nc(C(=O)N3CCNCC3)c(=O)n(Cc3ccccc3)c2=O)cc1C. The van der Waals surface area contributed by atoms with Crippen molar-refractivity contribution in [2.45, 2.75) is 20.4 Å². The minimum absolute atomic E-state index is 0.0632. The lowest BCUT2D eigenvalue weighted by atomic mass is 10.1. The maximum Gasteiger partial charge on any atom is 0.352 e. The summed E-state index contributed by atoms with van der Waals surface area (Å²) in [5.41, 5.74) is 1.89. The molecule has 0 unspecified atom stereocenters. The van der Waals surface area contributed by atoms with E-state index in [1.807, 2.05) is 56.3 Å². The van der Waals surface area contributed by atoms with Crippen LogP contribution in [0, 0.1) is 13.8 Å². The van der Waals surface area contributed by atoms with Crippen molar-refractivity contribution < 1.29 is 4.79 Å². The molecule has 2 aromatic carbocycles. The molecule has 0 atom stereocenters. The molecule has 1 aromatic heterocycles. The second-order valence-corrected chi connectivity index (χ2v) is 7.73. The zero-order valence-corrected chi connectivity index (χ0v) is 17.7. The first-order chi connectivity index (χ1) is 15.0. The van der Waals surface area contributed by atoms with E-state index >= 15 is 0 Å². The molecule has 0 spiro atoms. The molecule has 0 saturated carbocycles. The summed E-state index contributed by atoms with van der Waals surface area (Å²) in [5, 5.41) is 7.43. The van der Waals surface area contributed by atoms with Crippen LogP contribution in [0.3, 0.4) is 0 Å². The van der Waals surface area contributed by atoms with Gasteiger partial charge in [0.1, 0.15) is 0 Å². The van der Waals surface area contributed by atoms with E-state index < -0.39 is 17.2 Å². The normalized spacial score (nSPS) is 13.9. The number of piperazine rings is 1. The summed E-state index contributed by atoms with van der Waals surface area (Å²) in [5.74, 6) is -0.453. The number of carbonyl (C=O) groups excluding carboxylic acids is 1. The molecule has 4 rings (SSSR count). The van der Waals surface area contributed by atoms with Gasteiger partial charge < -0.3 is 10.2 Å². The Labute approximate surface area is 179 Å². The number of carbonyl (C=O) groups is 1. The second kappa shape index (κ2) is 8.69. The second-order valence-electron chi connectivity index (χ2n) is 7.73. The zero-order chi connectivity index (χ0) is 22.0. The monoisotopic (exact) mass is 419 g/mol. The molecule has 0 aliphatic carbocycles. The van der Waals surface area contributed by atoms with Gasteiger partial charge in [-0.15, -0.1) is 0 Å². The Morgan fingerprint density at radius 1 is 1.00 bits per heavy atom. The maximum atomic E-state index is 13.3. The van der Waals surface area contributed by atoms with Gasteiger partial charge in [0.15, 0.2) is 0 Å². The van der Waals surface area contributed by atoms with E-state index in [-0.39, 0.29) is 12.2 Å². The first-order valence-electron chi connectivity index (χ1n) is 10.3. The Bertz CT molecular complexity index is 1220. The van der Waals surface area contributed by atoms with Crippen LogP contribution in [0.5, 0.6) is 0 Å². The molecule has 0 bridgehead atoms. The molecule has 1 aliphatic heterocycles. The third-order valence-corrected chi connectivity index (χ3v) is 5.59. The Balaban J connectivity index is 1.88. The summed E-state index contributed by atoms with van der Waals surface area (Å²) in [7, 11) is 0. The van der Waals surface area contributed by atoms with Crippen molar-refractivity contribution in [2.75, 3.05) is 26.2 Å². The molecule has 1 aliphatic rings. The average molecular weight is 419 g/mol. The number of rotatable bonds is 4. The van der Waals surface area contributed by atoms with Gasteiger partial charge in [-0.3, -0.25) is 14.2 Å². The van der Waals surface area contributed by atoms with Crippen LogP contribution in [-0.2, 0) is 6.54 Å². The van der Waals surface area contributed by atoms with Crippen molar-refractivity contribution in [1.29, 1.82) is 0 Å². The van der Waals surface area contributed by atoms with Crippen molar-refractivity contribution in [3.63, 3.8) is 0 Å². The van der Waals surface area contributed by atoms with Gasteiger partial charge in [0.05, 0.1) is 12.2 Å². The lowest BCUT2D eigenvalue weighted by molar-refractivity contribution is 0.0724. The van der Waals surface area contributed by atoms with Crippen LogP contribution in [-0.4, -0.2) is 51.3 Å². The van der Waals surface area contributed by atoms with E-state index in [1.54, 1.807) is 11.0 Å². The Hall–Kier alpha value is -3.52. The van der Waals surface area contributed by atoms with Gasteiger partial charge in [0.2, 0.25) is 5.69 Å². The molecule has 8 nitrogen and oxygen atoms in total. The van der Waals surface area contributed by atoms with Gasteiger partial charge in [-0.25, -0.2) is 4.79 Å². The lowest BCUT2D eigenvalue weighted by Gasteiger charge is -2.27. The van der Waals surface area contributed by atoms with Crippen molar-refractivity contribution in [1.82, 2.24) is 24.6 Å². The lowest BCUT2D eigenvalue weighted by Crippen LogP contribution is -2.51. The molecule has 1 amide bonds. The summed E-state index contributed by atoms with van der Waals surface area (Å²) in [6.45, 7) is 6.26. The minimum atomic E-state index is -0.669. The molecule has 1 N–H and O–H groups in total. The van der Waals surface area contributed by atoms with Crippen LogP contribution >= 0.6 is 0 Å². The number of aromatic nitrogens is 3. The van der Waals surface area contributed by atoms with Crippen molar-refractivity contribution in [3.05, 3.63) is 91.8 Å². The van der Waals surface area contributed by atoms with Crippen LogP contribution in [0.2, 0.25) is 0 Å². The third-order valence-electron chi connectivity index (χ3n) is 5.59. The van der Waals surface area contributed by atoms with Crippen LogP contribution in [0.1, 0.15) is 27.2 Å². The molecular formula is C23H25N5O3. The predicted octanol–water partition coefficient (Wildman–Crippen LogP) is 1.10. The molecule has 1 fully saturated rings. The van der Waals surface area contributed by atoms with Crippen LogP contribution in [0.25, 0.3) is 5.69 Å². The topological polar surface area (TPSA) is 89.2 Å². The van der Waals surface area contributed by atoms with Crippen LogP contribution in [0.4, 0.5) is 0 Å². The van der Waals surface area contributed by atoms with Crippen molar-refractivity contribution in [2.24, 2.45) is 0 Å². The summed E-state index contributed by atoms with van der Waals surface area (Å²) in [6, 6.07) is 14.7. The number of hydrogen-bond acceptors (Lipinski definition) is 5. The fourth-order valence-corrected chi connectivity index (χ4v) is 3.60. The van der Waals surface area contributed by atoms with Crippen molar-refractivity contribution in [3.8, 4) is 5.69 Å². The van der Waals surface area contributed by atoms with E-state index in [4.69, 9.17) is 0 Å². The number of amides is 1. The smallest absolute Gasteiger partial charge is 0.335 e. The minimum Gasteiger partial charge on any atom is -0.335 e. The Kier molecular flexibility index (Phi) is 5.81. The largest absolute Gasteiger partial charge is 0.352 e. The van der Waals surface area contributed by atoms with E-state index in [0.717, 1.165) is 25.9 Å². The van der Waals surface area contributed by atoms with E-state index in [9.17, 15) is 14.4 Å². The molecule has 2 heterocycles. The van der Waals surface area contributed by atoms with Gasteiger partial charge in [0.25, 0.3) is 11.5 Å². The number of nitrogens with zero attached hydrogens (tertiary/aromatic N) is 4. The highest BCUT2D eigenvalue weighted by atomic mass is 16.2. The van der Waals surface area contributed by atoms with Gasteiger partial charge >= 0.3 is 5.69 Å². The van der Waals surface area contributed by atoms with Gasteiger partial charge in [-0.2, -0.15) is 9.78 Å². The molecule has 3 aromatic rings. The molecule has 1 saturated heterocycles. The fraction of sp³-hybridized carbons (Fsp3) is 0.304. The number of nitrogens with one attached hydrogen (secondary N) is 1. The van der Waals surface area contributed by atoms with E-state index in [1.165, 1.54) is 0 Å². The first-order valence-corrected chi connectivity index (χ1v) is 10.3.